The monoisotopic (exact) mass is 390 g/mol. The minimum Gasteiger partial charge on any atom is -0.467 e. The molecule has 8 heteroatoms. The average molecular weight is 391 g/mol. The molecule has 1 aliphatic heterocycles. The molecule has 144 valence electrons. The van der Waals surface area contributed by atoms with E-state index in [0.717, 1.165) is 17.0 Å². The summed E-state index contributed by atoms with van der Waals surface area (Å²) in [4.78, 5) is 34.4. The number of aromatic amines is 1. The number of halogens is 1. The van der Waals surface area contributed by atoms with Gasteiger partial charge in [-0.2, -0.15) is 0 Å². The van der Waals surface area contributed by atoms with Crippen molar-refractivity contribution in [1.82, 2.24) is 20.2 Å². The minimum absolute atomic E-state index is 0.106. The van der Waals surface area contributed by atoms with Crippen molar-refractivity contribution >= 4 is 23.6 Å². The van der Waals surface area contributed by atoms with Crippen LogP contribution in [0, 0.1) is 5.92 Å². The second-order valence-electron chi connectivity index (χ2n) is 6.83. The summed E-state index contributed by atoms with van der Waals surface area (Å²) in [6.45, 7) is 4.19. The number of nitrogens with zero attached hydrogens (tertiary/aromatic N) is 2. The number of imidazole rings is 1. The molecule has 1 aromatic heterocycles. The molecule has 0 aliphatic carbocycles. The lowest BCUT2D eigenvalue weighted by Gasteiger charge is -2.36. The van der Waals surface area contributed by atoms with Gasteiger partial charge in [0.2, 0.25) is 0 Å². The van der Waals surface area contributed by atoms with E-state index in [-0.39, 0.29) is 11.9 Å². The maximum atomic E-state index is 13.1. The minimum atomic E-state index is -0.727. The van der Waals surface area contributed by atoms with Crippen molar-refractivity contribution in [1.29, 1.82) is 0 Å². The number of fused-ring (bicyclic) bond motifs is 1. The summed E-state index contributed by atoms with van der Waals surface area (Å²) < 4.78 is 4.83. The molecule has 2 N–H and O–H groups in total. The van der Waals surface area contributed by atoms with Gasteiger partial charge in [-0.1, -0.05) is 43.6 Å². The highest BCUT2D eigenvalue weighted by molar-refractivity contribution is 6.31. The SMILES string of the molecule is COC(=O)[C@@H](NC(=O)N1CCc2[nH]cnc2C1c1ccccc1Cl)C(C)C. The highest BCUT2D eigenvalue weighted by Gasteiger charge is 2.37. The number of ether oxygens (including phenoxy) is 1. The van der Waals surface area contributed by atoms with Gasteiger partial charge in [-0.3, -0.25) is 0 Å². The fourth-order valence-corrected chi connectivity index (χ4v) is 3.59. The Morgan fingerprint density at radius 1 is 1.37 bits per heavy atom. The number of hydrogen-bond donors (Lipinski definition) is 2. The molecule has 0 fully saturated rings. The summed E-state index contributed by atoms with van der Waals surface area (Å²) >= 11 is 6.42. The van der Waals surface area contributed by atoms with Crippen molar-refractivity contribution in [2.24, 2.45) is 5.92 Å². The smallest absolute Gasteiger partial charge is 0.328 e. The van der Waals surface area contributed by atoms with Crippen LogP contribution in [0.5, 0.6) is 0 Å². The number of carbonyl (C=O) groups is 2. The van der Waals surface area contributed by atoms with Gasteiger partial charge in [-0.15, -0.1) is 0 Å². The highest BCUT2D eigenvalue weighted by Crippen LogP contribution is 2.36. The number of rotatable bonds is 4. The zero-order valence-corrected chi connectivity index (χ0v) is 16.3. The van der Waals surface area contributed by atoms with E-state index in [9.17, 15) is 9.59 Å². The van der Waals surface area contributed by atoms with Crippen LogP contribution in [0.25, 0.3) is 0 Å². The molecule has 2 amide bonds. The third-order valence-electron chi connectivity index (χ3n) is 4.79. The Balaban J connectivity index is 1.95. The molecule has 1 unspecified atom stereocenters. The third kappa shape index (κ3) is 3.78. The first-order chi connectivity index (χ1) is 12.9. The first-order valence-corrected chi connectivity index (χ1v) is 9.23. The summed E-state index contributed by atoms with van der Waals surface area (Å²) in [7, 11) is 1.31. The summed E-state index contributed by atoms with van der Waals surface area (Å²) in [5.74, 6) is -0.573. The first kappa shape index (κ1) is 19.2. The summed E-state index contributed by atoms with van der Waals surface area (Å²) in [6.07, 6.45) is 2.27. The van der Waals surface area contributed by atoms with Gasteiger partial charge in [0, 0.05) is 23.7 Å². The molecule has 1 aromatic carbocycles. The van der Waals surface area contributed by atoms with Crippen LogP contribution in [-0.4, -0.2) is 46.6 Å². The molecule has 0 saturated carbocycles. The lowest BCUT2D eigenvalue weighted by molar-refractivity contribution is -0.144. The van der Waals surface area contributed by atoms with E-state index in [2.05, 4.69) is 15.3 Å². The number of amides is 2. The van der Waals surface area contributed by atoms with E-state index in [0.29, 0.717) is 18.0 Å². The fourth-order valence-electron chi connectivity index (χ4n) is 3.35. The Bertz CT molecular complexity index is 836. The number of H-pyrrole nitrogens is 1. The van der Waals surface area contributed by atoms with E-state index in [1.165, 1.54) is 7.11 Å². The van der Waals surface area contributed by atoms with Crippen molar-refractivity contribution in [3.63, 3.8) is 0 Å². The zero-order valence-electron chi connectivity index (χ0n) is 15.5. The van der Waals surface area contributed by atoms with Gasteiger partial charge >= 0.3 is 12.0 Å². The second-order valence-corrected chi connectivity index (χ2v) is 7.24. The van der Waals surface area contributed by atoms with Crippen molar-refractivity contribution in [2.45, 2.75) is 32.4 Å². The lowest BCUT2D eigenvalue weighted by atomic mass is 9.95. The number of carbonyl (C=O) groups excluding carboxylic acids is 2. The van der Waals surface area contributed by atoms with E-state index < -0.39 is 18.1 Å². The number of hydrogen-bond acceptors (Lipinski definition) is 4. The van der Waals surface area contributed by atoms with Crippen molar-refractivity contribution < 1.29 is 14.3 Å². The van der Waals surface area contributed by atoms with Gasteiger partial charge in [0.15, 0.2) is 0 Å². The van der Waals surface area contributed by atoms with Gasteiger partial charge in [0.25, 0.3) is 0 Å². The quantitative estimate of drug-likeness (QED) is 0.786. The van der Waals surface area contributed by atoms with Gasteiger partial charge in [0.05, 0.1) is 19.1 Å². The van der Waals surface area contributed by atoms with Crippen LogP contribution in [0.1, 0.15) is 36.8 Å². The molecule has 3 rings (SSSR count). The van der Waals surface area contributed by atoms with Crippen LogP contribution >= 0.6 is 11.6 Å². The molecular weight excluding hydrogens is 368 g/mol. The van der Waals surface area contributed by atoms with Crippen LogP contribution in [0.4, 0.5) is 4.79 Å². The lowest BCUT2D eigenvalue weighted by Crippen LogP contribution is -2.53. The normalized spacial score (nSPS) is 17.4. The Kier molecular flexibility index (Phi) is 5.70. The maximum Gasteiger partial charge on any atom is 0.328 e. The van der Waals surface area contributed by atoms with Gasteiger partial charge in [-0.25, -0.2) is 14.6 Å². The first-order valence-electron chi connectivity index (χ1n) is 8.85. The van der Waals surface area contributed by atoms with E-state index in [1.807, 2.05) is 32.0 Å². The molecule has 1 aliphatic rings. The molecule has 0 radical (unpaired) electrons. The van der Waals surface area contributed by atoms with Gasteiger partial charge in [-0.05, 0) is 17.5 Å². The topological polar surface area (TPSA) is 87.3 Å². The van der Waals surface area contributed by atoms with Crippen molar-refractivity contribution in [3.05, 3.63) is 52.6 Å². The van der Waals surface area contributed by atoms with Crippen molar-refractivity contribution in [2.75, 3.05) is 13.7 Å². The van der Waals surface area contributed by atoms with Gasteiger partial charge < -0.3 is 19.9 Å². The molecule has 27 heavy (non-hydrogen) atoms. The Hall–Kier alpha value is -2.54. The molecule has 2 aromatic rings. The Morgan fingerprint density at radius 3 is 2.78 bits per heavy atom. The molecule has 2 heterocycles. The molecule has 0 bridgehead atoms. The number of esters is 1. The number of methoxy groups -OCH3 is 1. The summed E-state index contributed by atoms with van der Waals surface area (Å²) in [6, 6.07) is 5.89. The van der Waals surface area contributed by atoms with Crippen molar-refractivity contribution in [3.8, 4) is 0 Å². The maximum absolute atomic E-state index is 13.1. The van der Waals surface area contributed by atoms with Crippen LogP contribution in [0.2, 0.25) is 5.02 Å². The van der Waals surface area contributed by atoms with Gasteiger partial charge in [0.1, 0.15) is 12.1 Å². The van der Waals surface area contributed by atoms with Crippen LogP contribution in [0.3, 0.4) is 0 Å². The van der Waals surface area contributed by atoms with E-state index in [4.69, 9.17) is 16.3 Å². The van der Waals surface area contributed by atoms with E-state index in [1.54, 1.807) is 17.3 Å². The summed E-state index contributed by atoms with van der Waals surface area (Å²) in [5.41, 5.74) is 2.54. The fraction of sp³-hybridized carbons (Fsp3) is 0.421. The number of benzene rings is 1. The zero-order chi connectivity index (χ0) is 19.6. The molecule has 0 saturated heterocycles. The Morgan fingerprint density at radius 2 is 2.11 bits per heavy atom. The predicted octanol–water partition coefficient (Wildman–Crippen LogP) is 2.92. The predicted molar refractivity (Wildman–Crippen MR) is 101 cm³/mol. The third-order valence-corrected chi connectivity index (χ3v) is 5.13. The van der Waals surface area contributed by atoms with Crippen LogP contribution < -0.4 is 5.32 Å². The molecule has 7 nitrogen and oxygen atoms in total. The number of aromatic nitrogens is 2. The molecule has 0 spiro atoms. The van der Waals surface area contributed by atoms with Crippen LogP contribution in [0.15, 0.2) is 30.6 Å². The van der Waals surface area contributed by atoms with Crippen LogP contribution in [-0.2, 0) is 16.0 Å². The second kappa shape index (κ2) is 8.00. The molecular formula is C19H23ClN4O3. The summed E-state index contributed by atoms with van der Waals surface area (Å²) in [5, 5.41) is 3.37. The van der Waals surface area contributed by atoms with E-state index >= 15 is 0 Å². The number of nitrogens with one attached hydrogen (secondary N) is 2. The highest BCUT2D eigenvalue weighted by atomic mass is 35.5. The molecule has 2 atom stereocenters. The average Bonchev–Trinajstić information content (AvgIpc) is 3.13. The largest absolute Gasteiger partial charge is 0.467 e. The number of urea groups is 1. The Labute approximate surface area is 163 Å². The standard InChI is InChI=1S/C19H23ClN4O3/c1-11(2)15(18(25)27-3)23-19(26)24-9-8-14-16(22-10-21-14)17(24)12-6-4-5-7-13(12)20/h4-7,10-11,15,17H,8-9H2,1-3H3,(H,21,22)(H,23,26)/t15-,17?/m0/s1.